The summed E-state index contributed by atoms with van der Waals surface area (Å²) in [6.45, 7) is 10.8. The topological polar surface area (TPSA) is 12.0 Å². The predicted octanol–water partition coefficient (Wildman–Crippen LogP) is 5.54. The molecule has 0 heterocycles. The zero-order valence-electron chi connectivity index (χ0n) is 13.9. The van der Waals surface area contributed by atoms with Crippen LogP contribution in [0.25, 0.3) is 0 Å². The summed E-state index contributed by atoms with van der Waals surface area (Å²) in [4.78, 5) is 0. The van der Waals surface area contributed by atoms with Crippen LogP contribution >= 0.6 is 0 Å². The maximum Gasteiger partial charge on any atom is 0.0100 e. The van der Waals surface area contributed by atoms with Gasteiger partial charge in [-0.05, 0) is 43.6 Å². The average molecular weight is 268 g/mol. The lowest BCUT2D eigenvalue weighted by Crippen LogP contribution is -2.41. The van der Waals surface area contributed by atoms with Crippen LogP contribution in [0, 0.1) is 11.3 Å². The van der Waals surface area contributed by atoms with Crippen molar-refractivity contribution in [3.05, 3.63) is 0 Å². The number of rotatable bonds is 10. The molecule has 0 aromatic heterocycles. The fourth-order valence-corrected chi connectivity index (χ4v) is 3.84. The van der Waals surface area contributed by atoms with Gasteiger partial charge in [0.1, 0.15) is 0 Å². The maximum absolute atomic E-state index is 3.86. The van der Waals surface area contributed by atoms with Gasteiger partial charge in [0.25, 0.3) is 0 Å². The molecule has 0 spiro atoms. The molecule has 0 aliphatic heterocycles. The normalized spacial score (nSPS) is 23.7. The third-order valence-electron chi connectivity index (χ3n) is 5.10. The van der Waals surface area contributed by atoms with Crippen LogP contribution in [0.4, 0.5) is 0 Å². The number of hydrogen-bond acceptors (Lipinski definition) is 1. The van der Waals surface area contributed by atoms with Gasteiger partial charge in [-0.1, -0.05) is 66.2 Å². The lowest BCUT2D eigenvalue weighted by molar-refractivity contribution is 0.187. The van der Waals surface area contributed by atoms with Crippen LogP contribution < -0.4 is 5.32 Å². The lowest BCUT2D eigenvalue weighted by atomic mass is 9.76. The van der Waals surface area contributed by atoms with Crippen LogP contribution in [-0.2, 0) is 0 Å². The summed E-state index contributed by atoms with van der Waals surface area (Å²) in [6.07, 6.45) is 14.1. The van der Waals surface area contributed by atoms with Gasteiger partial charge >= 0.3 is 0 Å². The average Bonchev–Trinajstić information content (AvgIpc) is 2.72. The molecule has 1 rings (SSSR count). The van der Waals surface area contributed by atoms with E-state index in [2.05, 4.69) is 33.0 Å². The van der Waals surface area contributed by atoms with Crippen molar-refractivity contribution in [2.75, 3.05) is 6.54 Å². The quantitative estimate of drug-likeness (QED) is 0.512. The molecule has 2 atom stereocenters. The van der Waals surface area contributed by atoms with E-state index in [0.717, 1.165) is 12.0 Å². The predicted molar refractivity (Wildman–Crippen MR) is 86.6 cm³/mol. The van der Waals surface area contributed by atoms with Gasteiger partial charge in [-0.15, -0.1) is 0 Å². The molecule has 1 aliphatic carbocycles. The van der Waals surface area contributed by atoms with Crippen molar-refractivity contribution in [1.82, 2.24) is 5.32 Å². The third kappa shape index (κ3) is 5.85. The van der Waals surface area contributed by atoms with Gasteiger partial charge in [-0.25, -0.2) is 0 Å². The lowest BCUT2D eigenvalue weighted by Gasteiger charge is -2.35. The van der Waals surface area contributed by atoms with Crippen molar-refractivity contribution in [3.63, 3.8) is 0 Å². The van der Waals surface area contributed by atoms with Crippen LogP contribution in [0.1, 0.15) is 91.9 Å². The van der Waals surface area contributed by atoms with Gasteiger partial charge in [0.2, 0.25) is 0 Å². The summed E-state index contributed by atoms with van der Waals surface area (Å²) in [5, 5.41) is 3.86. The monoisotopic (exact) mass is 267 g/mol. The van der Waals surface area contributed by atoms with Crippen LogP contribution in [0.2, 0.25) is 0 Å². The molecule has 0 aromatic rings. The summed E-state index contributed by atoms with van der Waals surface area (Å²) >= 11 is 0. The minimum Gasteiger partial charge on any atom is -0.314 e. The van der Waals surface area contributed by atoms with Crippen LogP contribution in [-0.4, -0.2) is 12.6 Å². The summed E-state index contributed by atoms with van der Waals surface area (Å²) in [5.74, 6) is 0.908. The summed E-state index contributed by atoms with van der Waals surface area (Å²) in [6, 6.07) is 0.777. The number of nitrogens with one attached hydrogen (secondary N) is 1. The largest absolute Gasteiger partial charge is 0.314 e. The molecule has 19 heavy (non-hydrogen) atoms. The Morgan fingerprint density at radius 3 is 2.37 bits per heavy atom. The molecular weight excluding hydrogens is 230 g/mol. The minimum absolute atomic E-state index is 0.564. The first-order valence-corrected chi connectivity index (χ1v) is 8.85. The highest BCUT2D eigenvalue weighted by Gasteiger charge is 2.38. The van der Waals surface area contributed by atoms with E-state index >= 15 is 0 Å². The molecular formula is C18H37N. The molecule has 1 fully saturated rings. The second kappa shape index (κ2) is 9.00. The van der Waals surface area contributed by atoms with Gasteiger partial charge in [0.15, 0.2) is 0 Å². The summed E-state index contributed by atoms with van der Waals surface area (Å²) in [5.41, 5.74) is 0.564. The molecule has 1 heteroatoms. The van der Waals surface area contributed by atoms with Crippen LogP contribution in [0.15, 0.2) is 0 Å². The standard InChI is InChI=1S/C18H37N/c1-5-7-8-9-10-13-17(19-15-6-2)16-12-11-14-18(16,3)4/h16-17,19H,5-15H2,1-4H3. The molecule has 114 valence electrons. The summed E-state index contributed by atoms with van der Waals surface area (Å²) in [7, 11) is 0. The Morgan fingerprint density at radius 1 is 1.05 bits per heavy atom. The van der Waals surface area contributed by atoms with E-state index in [1.807, 2.05) is 0 Å². The molecule has 2 unspecified atom stereocenters. The van der Waals surface area contributed by atoms with Crippen molar-refractivity contribution >= 4 is 0 Å². The highest BCUT2D eigenvalue weighted by molar-refractivity contribution is 4.92. The van der Waals surface area contributed by atoms with Gasteiger partial charge in [0.05, 0.1) is 0 Å². The number of unbranched alkanes of at least 4 members (excludes halogenated alkanes) is 4. The highest BCUT2D eigenvalue weighted by Crippen LogP contribution is 2.45. The van der Waals surface area contributed by atoms with E-state index < -0.39 is 0 Å². The molecule has 1 N–H and O–H groups in total. The zero-order chi connectivity index (χ0) is 14.1. The Bertz CT molecular complexity index is 222. The maximum atomic E-state index is 3.86. The molecule has 1 nitrogen and oxygen atoms in total. The van der Waals surface area contributed by atoms with Gasteiger partial charge in [-0.3, -0.25) is 0 Å². The Balaban J connectivity index is 2.38. The first-order chi connectivity index (χ1) is 9.11. The van der Waals surface area contributed by atoms with E-state index in [1.54, 1.807) is 0 Å². The fourth-order valence-electron chi connectivity index (χ4n) is 3.84. The van der Waals surface area contributed by atoms with Crippen LogP contribution in [0.3, 0.4) is 0 Å². The molecule has 0 radical (unpaired) electrons. The van der Waals surface area contributed by atoms with E-state index in [9.17, 15) is 0 Å². The van der Waals surface area contributed by atoms with E-state index in [0.29, 0.717) is 5.41 Å². The first-order valence-electron chi connectivity index (χ1n) is 8.85. The van der Waals surface area contributed by atoms with Crippen molar-refractivity contribution in [3.8, 4) is 0 Å². The minimum atomic E-state index is 0.564. The second-order valence-corrected chi connectivity index (χ2v) is 7.25. The Labute approximate surface area is 121 Å². The smallest absolute Gasteiger partial charge is 0.0100 e. The Morgan fingerprint density at radius 2 is 1.79 bits per heavy atom. The first kappa shape index (κ1) is 17.0. The fraction of sp³-hybridized carbons (Fsp3) is 1.00. The zero-order valence-corrected chi connectivity index (χ0v) is 13.9. The Hall–Kier alpha value is -0.0400. The highest BCUT2D eigenvalue weighted by atomic mass is 14.9. The van der Waals surface area contributed by atoms with Gasteiger partial charge in [-0.2, -0.15) is 0 Å². The molecule has 0 aromatic carbocycles. The van der Waals surface area contributed by atoms with Crippen LogP contribution in [0.5, 0.6) is 0 Å². The van der Waals surface area contributed by atoms with Crippen molar-refractivity contribution < 1.29 is 0 Å². The van der Waals surface area contributed by atoms with Crippen molar-refractivity contribution in [2.45, 2.75) is 97.9 Å². The van der Waals surface area contributed by atoms with E-state index in [-0.39, 0.29) is 0 Å². The number of hydrogen-bond donors (Lipinski definition) is 1. The van der Waals surface area contributed by atoms with Crippen molar-refractivity contribution in [1.29, 1.82) is 0 Å². The van der Waals surface area contributed by atoms with E-state index in [1.165, 1.54) is 70.8 Å². The second-order valence-electron chi connectivity index (χ2n) is 7.25. The molecule has 1 saturated carbocycles. The van der Waals surface area contributed by atoms with E-state index in [4.69, 9.17) is 0 Å². The molecule has 0 amide bonds. The molecule has 0 bridgehead atoms. The van der Waals surface area contributed by atoms with Gasteiger partial charge in [0, 0.05) is 6.04 Å². The Kier molecular flexibility index (Phi) is 8.06. The molecule has 1 aliphatic rings. The summed E-state index contributed by atoms with van der Waals surface area (Å²) < 4.78 is 0. The van der Waals surface area contributed by atoms with Crippen molar-refractivity contribution in [2.24, 2.45) is 11.3 Å². The third-order valence-corrected chi connectivity index (χ3v) is 5.10. The van der Waals surface area contributed by atoms with Gasteiger partial charge < -0.3 is 5.32 Å². The molecule has 0 saturated heterocycles. The SMILES string of the molecule is CCCCCCCC(NCCC)C1CCCC1(C)C.